The number of aliphatic hydroxyl groups excluding tert-OH is 1. The van der Waals surface area contributed by atoms with E-state index in [0.29, 0.717) is 60.2 Å². The molecule has 12 nitrogen and oxygen atoms in total. The number of azide groups is 1. The zero-order chi connectivity index (χ0) is 30.7. The first-order chi connectivity index (χ1) is 20.9. The van der Waals surface area contributed by atoms with Crippen LogP contribution >= 0.6 is 0 Å². The normalized spacial score (nSPS) is 17.3. The average molecular weight is 589 g/mol. The SMILES string of the molecule is COc1ccc(OC)c(CCNNC(=O)[C@@]2(Cc3ccccc3N=[N+]=[N-])N=C(c3ccc(OCCCO)cc3)O[C@H]2C)c1. The van der Waals surface area contributed by atoms with Crippen LogP contribution in [-0.2, 0) is 22.4 Å². The molecule has 0 aromatic heterocycles. The molecule has 0 saturated heterocycles. The molecule has 226 valence electrons. The number of hydrogen-bond donors (Lipinski definition) is 3. The van der Waals surface area contributed by atoms with Gasteiger partial charge in [-0.05, 0) is 72.5 Å². The van der Waals surface area contributed by atoms with E-state index >= 15 is 0 Å². The summed E-state index contributed by atoms with van der Waals surface area (Å²) >= 11 is 0. The fourth-order valence-electron chi connectivity index (χ4n) is 4.77. The molecule has 0 aliphatic carbocycles. The highest BCUT2D eigenvalue weighted by molar-refractivity contribution is 6.00. The zero-order valence-electron chi connectivity index (χ0n) is 24.4. The van der Waals surface area contributed by atoms with E-state index in [1.54, 1.807) is 51.5 Å². The summed E-state index contributed by atoms with van der Waals surface area (Å²) in [7, 11) is 3.21. The molecule has 0 unspecified atom stereocenters. The molecule has 3 aromatic carbocycles. The smallest absolute Gasteiger partial charge is 0.266 e. The van der Waals surface area contributed by atoms with Crippen molar-refractivity contribution in [1.82, 2.24) is 10.9 Å². The Morgan fingerprint density at radius 3 is 2.58 bits per heavy atom. The van der Waals surface area contributed by atoms with Gasteiger partial charge in [0.1, 0.15) is 23.4 Å². The van der Waals surface area contributed by atoms with Crippen molar-refractivity contribution < 1.29 is 28.8 Å². The zero-order valence-corrected chi connectivity index (χ0v) is 24.4. The second-order valence-corrected chi connectivity index (χ2v) is 9.85. The van der Waals surface area contributed by atoms with E-state index in [2.05, 4.69) is 20.9 Å². The van der Waals surface area contributed by atoms with E-state index in [4.69, 9.17) is 34.6 Å². The van der Waals surface area contributed by atoms with Crippen LogP contribution in [-0.4, -0.2) is 62.5 Å². The molecule has 2 atom stereocenters. The fourth-order valence-corrected chi connectivity index (χ4v) is 4.77. The Kier molecular flexibility index (Phi) is 10.8. The Morgan fingerprint density at radius 2 is 1.86 bits per heavy atom. The monoisotopic (exact) mass is 588 g/mol. The molecule has 0 radical (unpaired) electrons. The van der Waals surface area contributed by atoms with Gasteiger partial charge < -0.3 is 24.1 Å². The number of nitrogens with one attached hydrogen (secondary N) is 2. The molecule has 0 saturated carbocycles. The van der Waals surface area contributed by atoms with E-state index < -0.39 is 17.6 Å². The lowest BCUT2D eigenvalue weighted by Gasteiger charge is -2.28. The lowest BCUT2D eigenvalue weighted by atomic mass is 9.85. The van der Waals surface area contributed by atoms with Crippen molar-refractivity contribution in [3.8, 4) is 17.2 Å². The summed E-state index contributed by atoms with van der Waals surface area (Å²) in [5, 5.41) is 12.8. The van der Waals surface area contributed by atoms with E-state index in [-0.39, 0.29) is 13.0 Å². The number of methoxy groups -OCH3 is 2. The van der Waals surface area contributed by atoms with Gasteiger partial charge in [0.25, 0.3) is 5.91 Å². The van der Waals surface area contributed by atoms with Crippen LogP contribution in [0.15, 0.2) is 76.8 Å². The minimum absolute atomic E-state index is 0.0532. The van der Waals surface area contributed by atoms with Crippen molar-refractivity contribution in [2.75, 3.05) is 34.0 Å². The first-order valence-corrected chi connectivity index (χ1v) is 13.9. The van der Waals surface area contributed by atoms with Crippen LogP contribution in [0.4, 0.5) is 5.69 Å². The van der Waals surface area contributed by atoms with Crippen molar-refractivity contribution >= 4 is 17.5 Å². The molecule has 0 bridgehead atoms. The Labute approximate surface area is 250 Å². The lowest BCUT2D eigenvalue weighted by Crippen LogP contribution is -2.56. The minimum Gasteiger partial charge on any atom is -0.497 e. The first-order valence-electron chi connectivity index (χ1n) is 13.9. The second-order valence-electron chi connectivity index (χ2n) is 9.85. The van der Waals surface area contributed by atoms with Crippen molar-refractivity contribution in [3.63, 3.8) is 0 Å². The molecule has 1 amide bonds. The number of aliphatic hydroxyl groups is 1. The molecule has 1 heterocycles. The molecular weight excluding hydrogens is 552 g/mol. The van der Waals surface area contributed by atoms with E-state index in [1.807, 2.05) is 36.4 Å². The number of carbonyl (C=O) groups is 1. The number of amides is 1. The Hall–Kier alpha value is -4.77. The van der Waals surface area contributed by atoms with Crippen molar-refractivity contribution in [3.05, 3.63) is 93.9 Å². The molecule has 1 aliphatic rings. The number of hydrogen-bond acceptors (Lipinski definition) is 9. The standard InChI is InChI=1S/C31H36N6O6/c1-21-31(20-24-7-4-5-8-27(24)35-37-32,34-29(43-21)22-9-11-25(12-10-22)42-18-6-17-38)30(39)36-33-16-15-23-19-26(40-2)13-14-28(23)41-3/h4-5,7-14,19,21,33,38H,6,15-18,20H2,1-3H3,(H,36,39)/t21-,31-/m0/s1. The first kappa shape index (κ1) is 31.2. The third-order valence-corrected chi connectivity index (χ3v) is 7.14. The summed E-state index contributed by atoms with van der Waals surface area (Å²) in [6.45, 7) is 2.65. The molecule has 0 spiro atoms. The third-order valence-electron chi connectivity index (χ3n) is 7.14. The summed E-state index contributed by atoms with van der Waals surface area (Å²) in [6, 6.07) is 19.8. The third kappa shape index (κ3) is 7.55. The largest absolute Gasteiger partial charge is 0.497 e. The number of ether oxygens (including phenoxy) is 4. The summed E-state index contributed by atoms with van der Waals surface area (Å²) in [6.07, 6.45) is 0.570. The molecule has 0 fully saturated rings. The highest BCUT2D eigenvalue weighted by Gasteiger charge is 2.50. The van der Waals surface area contributed by atoms with Gasteiger partial charge in [0.2, 0.25) is 5.90 Å². The maximum atomic E-state index is 13.9. The van der Waals surface area contributed by atoms with Crippen LogP contribution in [0.1, 0.15) is 30.0 Å². The van der Waals surface area contributed by atoms with Gasteiger partial charge >= 0.3 is 0 Å². The second kappa shape index (κ2) is 14.9. The highest BCUT2D eigenvalue weighted by Crippen LogP contribution is 2.35. The van der Waals surface area contributed by atoms with Gasteiger partial charge in [0.15, 0.2) is 5.54 Å². The topological polar surface area (TPSA) is 159 Å². The van der Waals surface area contributed by atoms with Crippen LogP contribution in [0.2, 0.25) is 0 Å². The number of hydrazine groups is 1. The minimum atomic E-state index is -1.37. The molecular formula is C31H36N6O6. The molecule has 43 heavy (non-hydrogen) atoms. The number of carbonyl (C=O) groups excluding carboxylic acids is 1. The van der Waals surface area contributed by atoms with Crippen molar-refractivity contribution in [1.29, 1.82) is 0 Å². The number of aliphatic imine (C=N–C) groups is 1. The highest BCUT2D eigenvalue weighted by atomic mass is 16.5. The maximum Gasteiger partial charge on any atom is 0.266 e. The van der Waals surface area contributed by atoms with E-state index in [1.165, 1.54) is 0 Å². The van der Waals surface area contributed by atoms with E-state index in [9.17, 15) is 4.79 Å². The Bertz CT molecular complexity index is 1470. The van der Waals surface area contributed by atoms with Crippen LogP contribution in [0, 0.1) is 0 Å². The van der Waals surface area contributed by atoms with Crippen LogP contribution < -0.4 is 25.1 Å². The molecule has 4 rings (SSSR count). The fraction of sp³-hybridized carbons (Fsp3) is 0.355. The van der Waals surface area contributed by atoms with Gasteiger partial charge in [-0.3, -0.25) is 10.2 Å². The maximum absolute atomic E-state index is 13.9. The lowest BCUT2D eigenvalue weighted by molar-refractivity contribution is -0.129. The van der Waals surface area contributed by atoms with Gasteiger partial charge in [0, 0.05) is 42.2 Å². The van der Waals surface area contributed by atoms with Gasteiger partial charge in [-0.25, -0.2) is 10.4 Å². The van der Waals surface area contributed by atoms with Crippen LogP contribution in [0.25, 0.3) is 10.4 Å². The van der Waals surface area contributed by atoms with Gasteiger partial charge in [-0.2, -0.15) is 0 Å². The predicted molar refractivity (Wildman–Crippen MR) is 162 cm³/mol. The quantitative estimate of drug-likeness (QED) is 0.0779. The summed E-state index contributed by atoms with van der Waals surface area (Å²) in [5.41, 5.74) is 16.2. The van der Waals surface area contributed by atoms with E-state index in [0.717, 1.165) is 11.3 Å². The molecule has 12 heteroatoms. The molecule has 3 aromatic rings. The predicted octanol–water partition coefficient (Wildman–Crippen LogP) is 4.42. The van der Waals surface area contributed by atoms with Gasteiger partial charge in [-0.15, -0.1) is 0 Å². The van der Waals surface area contributed by atoms with Crippen LogP contribution in [0.3, 0.4) is 0 Å². The summed E-state index contributed by atoms with van der Waals surface area (Å²) in [4.78, 5) is 21.7. The average Bonchev–Trinajstić information content (AvgIpc) is 3.37. The molecule has 1 aliphatic heterocycles. The van der Waals surface area contributed by atoms with Gasteiger partial charge in [0.05, 0.1) is 20.8 Å². The molecule has 3 N–H and O–H groups in total. The van der Waals surface area contributed by atoms with Crippen LogP contribution in [0.5, 0.6) is 17.2 Å². The Morgan fingerprint density at radius 1 is 1.09 bits per heavy atom. The number of rotatable bonds is 15. The van der Waals surface area contributed by atoms with Crippen molar-refractivity contribution in [2.45, 2.75) is 37.8 Å². The van der Waals surface area contributed by atoms with Crippen molar-refractivity contribution in [2.24, 2.45) is 10.1 Å². The van der Waals surface area contributed by atoms with Gasteiger partial charge in [-0.1, -0.05) is 29.4 Å². The summed E-state index contributed by atoms with van der Waals surface area (Å²) < 4.78 is 22.6. The number of nitrogens with zero attached hydrogens (tertiary/aromatic N) is 4. The Balaban J connectivity index is 1.56. The summed E-state index contributed by atoms with van der Waals surface area (Å²) in [5.74, 6) is 1.99. The number of benzene rings is 3.